The number of hydrogen-bond acceptors (Lipinski definition) is 3. The first-order chi connectivity index (χ1) is 17.2. The number of hydrogen-bond donors (Lipinski definition) is 2. The van der Waals surface area contributed by atoms with Crippen LogP contribution < -0.4 is 0 Å². The smallest absolute Gasteiger partial charge is 0.112 e. The Kier molecular flexibility index (Phi) is 11.0. The van der Waals surface area contributed by atoms with Crippen molar-refractivity contribution in [3.05, 3.63) is 34.4 Å². The maximum Gasteiger partial charge on any atom is 0.112 e. The second-order valence-corrected chi connectivity index (χ2v) is 17.4. The molecule has 0 aromatic carbocycles. The maximum absolute atomic E-state index is 4.94. The quantitative estimate of drug-likeness (QED) is 0.347. The lowest BCUT2D eigenvalue weighted by molar-refractivity contribution is 0.198. The lowest BCUT2D eigenvalue weighted by Gasteiger charge is -2.24. The average molecular weight is 545 g/mol. The summed E-state index contributed by atoms with van der Waals surface area (Å²) in [6.45, 7) is 42.0. The molecule has 0 unspecified atom stereocenters. The van der Waals surface area contributed by atoms with Gasteiger partial charge in [-0.1, -0.05) is 125 Å². The fraction of sp³-hybridized carbons (Fsp3) is 0.824. The normalized spacial score (nSPS) is 15.4. The number of rotatable bonds is 0. The lowest BCUT2D eigenvalue weighted by Crippen LogP contribution is -2.21. The number of imidazole rings is 2. The van der Waals surface area contributed by atoms with Gasteiger partial charge in [-0.2, -0.15) is 0 Å². The van der Waals surface area contributed by atoms with E-state index < -0.39 is 0 Å². The highest BCUT2D eigenvalue weighted by atomic mass is 16.5. The Morgan fingerprint density at radius 1 is 0.436 bits per heavy atom. The highest BCUT2D eigenvalue weighted by molar-refractivity contribution is 5.30. The molecule has 3 rings (SSSR count). The summed E-state index contributed by atoms with van der Waals surface area (Å²) in [5.41, 5.74) is 5.49. The molecule has 0 aliphatic carbocycles. The number of ether oxygens (including phenoxy) is 1. The number of nitrogens with zero attached hydrogens (tertiary/aromatic N) is 2. The Morgan fingerprint density at radius 3 is 0.846 bits per heavy atom. The molecule has 0 atom stereocenters. The summed E-state index contributed by atoms with van der Waals surface area (Å²) >= 11 is 0. The van der Waals surface area contributed by atoms with Crippen molar-refractivity contribution in [2.45, 2.75) is 170 Å². The Labute approximate surface area is 242 Å². The summed E-state index contributed by atoms with van der Waals surface area (Å²) in [6.07, 6.45) is 2.56. The average Bonchev–Trinajstić information content (AvgIpc) is 3.45. The largest absolute Gasteiger partial charge is 0.381 e. The SMILES string of the molecule is C1CCOC1.CC(C)(C)c1nc(C(C)(C)C)c(C(C)(C)C)[nH]1.CC(C)(C)c1nc(C(C)(C)C)c(C(C)(C)C)[nH]1. The van der Waals surface area contributed by atoms with E-state index >= 15 is 0 Å². The van der Waals surface area contributed by atoms with Crippen LogP contribution >= 0.6 is 0 Å². The minimum Gasteiger partial charge on any atom is -0.381 e. The molecule has 2 aromatic rings. The van der Waals surface area contributed by atoms with E-state index in [1.165, 1.54) is 35.6 Å². The van der Waals surface area contributed by atoms with Crippen LogP contribution in [-0.2, 0) is 37.2 Å². The zero-order valence-corrected chi connectivity index (χ0v) is 29.1. The highest BCUT2D eigenvalue weighted by Gasteiger charge is 2.33. The lowest BCUT2D eigenvalue weighted by atomic mass is 9.82. The number of aromatic nitrogens is 4. The van der Waals surface area contributed by atoms with E-state index in [4.69, 9.17) is 14.7 Å². The molecule has 5 nitrogen and oxygen atoms in total. The van der Waals surface area contributed by atoms with Crippen LogP contribution in [0.15, 0.2) is 0 Å². The first-order valence-electron chi connectivity index (χ1n) is 15.0. The fourth-order valence-electron chi connectivity index (χ4n) is 4.14. The Balaban J connectivity index is 0.000000330. The van der Waals surface area contributed by atoms with Crippen LogP contribution in [0.5, 0.6) is 0 Å². The van der Waals surface area contributed by atoms with Gasteiger partial charge in [0.1, 0.15) is 11.6 Å². The van der Waals surface area contributed by atoms with Crippen LogP contribution in [0.4, 0.5) is 0 Å². The molecule has 39 heavy (non-hydrogen) atoms. The summed E-state index contributed by atoms with van der Waals surface area (Å²) in [4.78, 5) is 16.8. The molecule has 0 spiro atoms. The fourth-order valence-corrected chi connectivity index (χ4v) is 4.14. The van der Waals surface area contributed by atoms with Crippen LogP contribution in [-0.4, -0.2) is 33.1 Å². The van der Waals surface area contributed by atoms with Crippen molar-refractivity contribution >= 4 is 0 Å². The Bertz CT molecular complexity index is 875. The molecule has 2 N–H and O–H groups in total. The predicted octanol–water partition coefficient (Wildman–Crippen LogP) is 9.40. The number of H-pyrrole nitrogens is 2. The van der Waals surface area contributed by atoms with Crippen molar-refractivity contribution in [2.24, 2.45) is 0 Å². The van der Waals surface area contributed by atoms with Gasteiger partial charge in [0.15, 0.2) is 0 Å². The molecule has 0 radical (unpaired) electrons. The van der Waals surface area contributed by atoms with Gasteiger partial charge in [0.25, 0.3) is 0 Å². The van der Waals surface area contributed by atoms with Gasteiger partial charge in [0.2, 0.25) is 0 Å². The predicted molar refractivity (Wildman–Crippen MR) is 169 cm³/mol. The van der Waals surface area contributed by atoms with E-state index in [0.29, 0.717) is 0 Å². The van der Waals surface area contributed by atoms with Crippen LogP contribution in [0, 0.1) is 0 Å². The molecule has 226 valence electrons. The summed E-state index contributed by atoms with van der Waals surface area (Å²) in [7, 11) is 0. The number of nitrogens with one attached hydrogen (secondary N) is 2. The van der Waals surface area contributed by atoms with Crippen molar-refractivity contribution < 1.29 is 4.74 Å². The third-order valence-electron chi connectivity index (χ3n) is 6.58. The zero-order chi connectivity index (χ0) is 30.8. The van der Waals surface area contributed by atoms with E-state index in [-0.39, 0.29) is 32.5 Å². The molecular weight excluding hydrogens is 480 g/mol. The van der Waals surface area contributed by atoms with Crippen LogP contribution in [0.25, 0.3) is 0 Å². The third kappa shape index (κ3) is 10.7. The van der Waals surface area contributed by atoms with Gasteiger partial charge in [-0.3, -0.25) is 0 Å². The second-order valence-electron chi connectivity index (χ2n) is 17.4. The van der Waals surface area contributed by atoms with Crippen LogP contribution in [0.2, 0.25) is 0 Å². The van der Waals surface area contributed by atoms with Crippen molar-refractivity contribution in [3.8, 4) is 0 Å². The van der Waals surface area contributed by atoms with Crippen molar-refractivity contribution in [1.82, 2.24) is 19.9 Å². The van der Waals surface area contributed by atoms with Crippen LogP contribution in [0.1, 0.15) is 172 Å². The van der Waals surface area contributed by atoms with E-state index in [1.807, 2.05) is 0 Å². The van der Waals surface area contributed by atoms with Gasteiger partial charge >= 0.3 is 0 Å². The molecular formula is C34H64N4O. The van der Waals surface area contributed by atoms with Crippen molar-refractivity contribution in [3.63, 3.8) is 0 Å². The molecule has 1 aliphatic rings. The molecule has 0 saturated carbocycles. The maximum atomic E-state index is 4.94. The minimum atomic E-state index is 0.0729. The van der Waals surface area contributed by atoms with Gasteiger partial charge in [-0.15, -0.1) is 0 Å². The van der Waals surface area contributed by atoms with Gasteiger partial charge in [-0.25, -0.2) is 9.97 Å². The molecule has 2 aromatic heterocycles. The van der Waals surface area contributed by atoms with Gasteiger partial charge in [0, 0.05) is 57.1 Å². The zero-order valence-electron chi connectivity index (χ0n) is 29.1. The van der Waals surface area contributed by atoms with E-state index in [9.17, 15) is 0 Å². The summed E-state index contributed by atoms with van der Waals surface area (Å²) in [5, 5.41) is 0. The Morgan fingerprint density at radius 2 is 0.718 bits per heavy atom. The molecule has 3 heterocycles. The van der Waals surface area contributed by atoms with E-state index in [2.05, 4.69) is 135 Å². The molecule has 1 aliphatic heterocycles. The monoisotopic (exact) mass is 545 g/mol. The summed E-state index contributed by atoms with van der Waals surface area (Å²) < 4.78 is 4.94. The van der Waals surface area contributed by atoms with Crippen LogP contribution in [0.3, 0.4) is 0 Å². The van der Waals surface area contributed by atoms with E-state index in [0.717, 1.165) is 24.9 Å². The molecule has 1 fully saturated rings. The highest BCUT2D eigenvalue weighted by Crippen LogP contribution is 2.35. The summed E-state index contributed by atoms with van der Waals surface area (Å²) in [5.74, 6) is 2.18. The summed E-state index contributed by atoms with van der Waals surface area (Å²) in [6, 6.07) is 0. The van der Waals surface area contributed by atoms with Crippen molar-refractivity contribution in [2.75, 3.05) is 13.2 Å². The number of aromatic amines is 2. The Hall–Kier alpha value is -1.62. The molecule has 0 bridgehead atoms. The topological polar surface area (TPSA) is 66.6 Å². The second kappa shape index (κ2) is 12.1. The van der Waals surface area contributed by atoms with Gasteiger partial charge < -0.3 is 14.7 Å². The molecule has 5 heteroatoms. The minimum absolute atomic E-state index is 0.0729. The molecule has 1 saturated heterocycles. The van der Waals surface area contributed by atoms with Crippen molar-refractivity contribution in [1.29, 1.82) is 0 Å². The first-order valence-corrected chi connectivity index (χ1v) is 15.0. The first kappa shape index (κ1) is 35.4. The van der Waals surface area contributed by atoms with Gasteiger partial charge in [-0.05, 0) is 12.8 Å². The third-order valence-corrected chi connectivity index (χ3v) is 6.58. The molecule has 0 amide bonds. The van der Waals surface area contributed by atoms with Gasteiger partial charge in [0.05, 0.1) is 11.4 Å². The van der Waals surface area contributed by atoms with E-state index in [1.54, 1.807) is 0 Å². The standard InChI is InChI=1S/2C15H28N2.C4H8O/c2*1-13(2,3)10-11(14(4,5)6)17-12(16-10)15(7,8)9;1-2-4-5-3-1/h2*1-9H3,(H,16,17);1-4H2.